The summed E-state index contributed by atoms with van der Waals surface area (Å²) in [6.45, 7) is 2.65. The number of nitrogens with one attached hydrogen (secondary N) is 1. The summed E-state index contributed by atoms with van der Waals surface area (Å²) in [5.74, 6) is -0.401. The Labute approximate surface area is 237 Å². The zero-order valence-corrected chi connectivity index (χ0v) is 23.0. The number of aromatic nitrogens is 3. The van der Waals surface area contributed by atoms with E-state index in [0.29, 0.717) is 27.8 Å². The molecule has 10 nitrogen and oxygen atoms in total. The summed E-state index contributed by atoms with van der Waals surface area (Å²) in [5.41, 5.74) is 16.2. The number of rotatable bonds is 6. The average Bonchev–Trinajstić information content (AvgIpc) is 3.56. The number of ether oxygens (including phenoxy) is 1. The Morgan fingerprint density at radius 2 is 2.03 bits per heavy atom. The Balaban J connectivity index is 0.00000304. The topological polar surface area (TPSA) is 130 Å². The van der Waals surface area contributed by atoms with E-state index in [9.17, 15) is 9.59 Å². The molecule has 0 aromatic carbocycles. The fourth-order valence-corrected chi connectivity index (χ4v) is 6.78. The molecule has 2 fully saturated rings. The van der Waals surface area contributed by atoms with Crippen molar-refractivity contribution < 1.29 is 33.2 Å². The van der Waals surface area contributed by atoms with Crippen LogP contribution in [-0.4, -0.2) is 64.1 Å². The molecule has 1 unspecified atom stereocenters. The summed E-state index contributed by atoms with van der Waals surface area (Å²) in [6, 6.07) is 1.96. The van der Waals surface area contributed by atoms with Gasteiger partial charge in [0.15, 0.2) is 12.4 Å². The van der Waals surface area contributed by atoms with Crippen LogP contribution in [0.3, 0.4) is 0 Å². The number of thiophene rings is 1. The van der Waals surface area contributed by atoms with Crippen molar-refractivity contribution in [2.75, 3.05) is 43.4 Å². The summed E-state index contributed by atoms with van der Waals surface area (Å²) in [7, 11) is 0. The molecule has 1 atom stereocenters. The number of anilines is 2. The third kappa shape index (κ3) is 5.06. The van der Waals surface area contributed by atoms with Gasteiger partial charge in [-0.05, 0) is 47.7 Å². The Morgan fingerprint density at radius 1 is 1.28 bits per heavy atom. The Hall–Kier alpha value is -1.97. The van der Waals surface area contributed by atoms with Crippen molar-refractivity contribution in [2.45, 2.75) is 31.6 Å². The van der Waals surface area contributed by atoms with Gasteiger partial charge < -0.3 is 30.8 Å². The minimum atomic E-state index is -0.869. The number of hydrogen-bond acceptors (Lipinski definition) is 8. The second kappa shape index (κ2) is 11.2. The largest absolute Gasteiger partial charge is 1.00 e. The van der Waals surface area contributed by atoms with Gasteiger partial charge in [0, 0.05) is 37.7 Å². The first-order valence-electron chi connectivity index (χ1n) is 11.4. The van der Waals surface area contributed by atoms with E-state index in [-0.39, 0.29) is 47.9 Å². The van der Waals surface area contributed by atoms with Crippen LogP contribution in [0.25, 0.3) is 11.3 Å². The van der Waals surface area contributed by atoms with Crippen molar-refractivity contribution in [1.82, 2.24) is 19.5 Å². The first kappa shape index (κ1) is 27.1. The molecule has 0 radical (unpaired) electrons. The molecule has 5 heterocycles. The zero-order chi connectivity index (χ0) is 24.7. The fraction of sp³-hybridized carbons (Fsp3) is 0.455. The quantitative estimate of drug-likeness (QED) is 0.431. The third-order valence-electron chi connectivity index (χ3n) is 6.55. The Kier molecular flexibility index (Phi) is 8.41. The maximum absolute atomic E-state index is 12.6. The van der Waals surface area contributed by atoms with Gasteiger partial charge in [-0.1, -0.05) is 11.6 Å². The van der Waals surface area contributed by atoms with Crippen molar-refractivity contribution in [3.05, 3.63) is 37.5 Å². The SMILES string of the molecule is [Li+].[NH-]C(=O)c1sc(Cl)c(C2CCCN(c3cc(Br)n4ncnc(N)c34)C2)c1OCC(=O)N1CCCC1. The van der Waals surface area contributed by atoms with Gasteiger partial charge in [-0.15, -0.1) is 11.3 Å². The van der Waals surface area contributed by atoms with E-state index in [1.165, 1.54) is 6.33 Å². The second-order valence-electron chi connectivity index (χ2n) is 8.70. The van der Waals surface area contributed by atoms with Crippen LogP contribution in [0.2, 0.25) is 4.34 Å². The van der Waals surface area contributed by atoms with Gasteiger partial charge in [-0.3, -0.25) is 4.79 Å². The van der Waals surface area contributed by atoms with Crippen LogP contribution in [0.15, 0.2) is 17.0 Å². The number of carbonyl (C=O) groups is 2. The minimum Gasteiger partial charge on any atom is -0.663 e. The molecule has 5 rings (SSSR count). The number of halogens is 2. The molecule has 0 spiro atoms. The molecule has 0 aliphatic carbocycles. The number of nitrogen functional groups attached to an aromatic ring is 1. The number of nitrogens with two attached hydrogens (primary N) is 1. The van der Waals surface area contributed by atoms with Crippen LogP contribution in [-0.2, 0) is 4.79 Å². The molecule has 2 aliphatic heterocycles. The number of carbonyl (C=O) groups excluding carboxylic acids is 2. The van der Waals surface area contributed by atoms with Crippen LogP contribution in [0.4, 0.5) is 11.5 Å². The van der Waals surface area contributed by atoms with Gasteiger partial charge in [0.25, 0.3) is 5.91 Å². The van der Waals surface area contributed by atoms with Crippen LogP contribution >= 0.6 is 38.9 Å². The Morgan fingerprint density at radius 3 is 2.75 bits per heavy atom. The van der Waals surface area contributed by atoms with E-state index in [2.05, 4.69) is 30.9 Å². The van der Waals surface area contributed by atoms with Crippen molar-refractivity contribution in [3.63, 3.8) is 0 Å². The summed E-state index contributed by atoms with van der Waals surface area (Å²) < 4.78 is 8.82. The van der Waals surface area contributed by atoms with Gasteiger partial charge in [0.2, 0.25) is 0 Å². The number of piperidine rings is 1. The summed E-state index contributed by atoms with van der Waals surface area (Å²) in [5, 5.41) is 4.28. The summed E-state index contributed by atoms with van der Waals surface area (Å²) in [6.07, 6.45) is 5.07. The van der Waals surface area contributed by atoms with Crippen molar-refractivity contribution in [2.24, 2.45) is 0 Å². The number of hydrogen-bond donors (Lipinski definition) is 1. The van der Waals surface area contributed by atoms with Gasteiger partial charge in [0.1, 0.15) is 26.5 Å². The number of fused-ring (bicyclic) bond motifs is 1. The summed E-state index contributed by atoms with van der Waals surface area (Å²) in [4.78, 5) is 32.9. The standard InChI is InChI=1S/C22H25BrClN7O3S.Li/c23-14-8-13(17-21(25)27-11-28-31(14)17)30-7-3-4-12(9-30)16-18(19(22(26)33)35-20(16)24)34-10-15(32)29-5-1-2-6-29;/h8,11-12H,1-7,9-10H2,(H4,25,26,27,28,33);/q;+1/p-1. The normalized spacial score (nSPS) is 17.9. The maximum Gasteiger partial charge on any atom is 1.00 e. The zero-order valence-electron chi connectivity index (χ0n) is 19.8. The predicted molar refractivity (Wildman–Crippen MR) is 139 cm³/mol. The molecule has 36 heavy (non-hydrogen) atoms. The van der Waals surface area contributed by atoms with E-state index in [1.807, 2.05) is 6.07 Å². The molecule has 0 bridgehead atoms. The van der Waals surface area contributed by atoms with Crippen molar-refractivity contribution >= 4 is 67.7 Å². The van der Waals surface area contributed by atoms with Gasteiger partial charge in [-0.25, -0.2) is 9.50 Å². The van der Waals surface area contributed by atoms with Crippen LogP contribution < -0.4 is 34.2 Å². The number of amides is 2. The fourth-order valence-electron chi connectivity index (χ4n) is 4.92. The van der Waals surface area contributed by atoms with Gasteiger partial charge >= 0.3 is 18.9 Å². The van der Waals surface area contributed by atoms with Crippen LogP contribution in [0.5, 0.6) is 5.75 Å². The van der Waals surface area contributed by atoms with Crippen molar-refractivity contribution in [3.8, 4) is 5.75 Å². The second-order valence-corrected chi connectivity index (χ2v) is 11.1. The van der Waals surface area contributed by atoms with E-state index < -0.39 is 5.91 Å². The average molecular weight is 589 g/mol. The molecule has 186 valence electrons. The minimum absolute atomic E-state index is 0. The molecule has 3 aromatic heterocycles. The van der Waals surface area contributed by atoms with E-state index in [4.69, 9.17) is 27.8 Å². The van der Waals surface area contributed by atoms with Gasteiger partial charge in [-0.2, -0.15) is 5.10 Å². The molecule has 0 saturated carbocycles. The molecule has 2 aliphatic rings. The number of nitrogens with zero attached hydrogens (tertiary/aromatic N) is 5. The predicted octanol–water partition coefficient (Wildman–Crippen LogP) is 1.37. The van der Waals surface area contributed by atoms with E-state index >= 15 is 0 Å². The Bertz CT molecular complexity index is 1300. The van der Waals surface area contributed by atoms with Crippen LogP contribution in [0, 0.1) is 0 Å². The van der Waals surface area contributed by atoms with Crippen LogP contribution in [0.1, 0.15) is 46.8 Å². The first-order chi connectivity index (χ1) is 16.8. The van der Waals surface area contributed by atoms with E-state index in [1.54, 1.807) is 9.42 Å². The van der Waals surface area contributed by atoms with Gasteiger partial charge in [0.05, 0.1) is 16.5 Å². The first-order valence-corrected chi connectivity index (χ1v) is 13.3. The molecular weight excluding hydrogens is 565 g/mol. The maximum atomic E-state index is 12.6. The number of likely N-dealkylation sites (tertiary alicyclic amines) is 1. The van der Waals surface area contributed by atoms with Crippen molar-refractivity contribution in [1.29, 1.82) is 0 Å². The third-order valence-corrected chi connectivity index (χ3v) is 8.52. The van der Waals surface area contributed by atoms with E-state index in [0.717, 1.165) is 66.9 Å². The molecule has 2 saturated heterocycles. The molecule has 3 aromatic rings. The molecule has 14 heteroatoms. The molecular formula is C22H24BrClLiN7O3S. The smallest absolute Gasteiger partial charge is 0.663 e. The monoisotopic (exact) mass is 587 g/mol. The summed E-state index contributed by atoms with van der Waals surface area (Å²) >= 11 is 11.2. The molecule has 2 amide bonds. The molecule has 3 N–H and O–H groups in total.